The summed E-state index contributed by atoms with van der Waals surface area (Å²) in [5.74, 6) is 0. The van der Waals surface area contributed by atoms with Gasteiger partial charge in [0, 0.05) is 11.6 Å². The van der Waals surface area contributed by atoms with E-state index < -0.39 is 0 Å². The number of hydrogen-bond acceptors (Lipinski definition) is 2. The van der Waals surface area contributed by atoms with Crippen molar-refractivity contribution >= 4 is 11.6 Å². The average molecular weight is 214 g/mol. The minimum absolute atomic E-state index is 0.209. The highest BCUT2D eigenvalue weighted by Crippen LogP contribution is 2.10. The lowest BCUT2D eigenvalue weighted by Gasteiger charge is -2.03. The maximum Gasteiger partial charge on any atom is 0.0555 e. The minimum Gasteiger partial charge on any atom is -0.395 e. The highest BCUT2D eigenvalue weighted by atomic mass is 35.5. The quantitative estimate of drug-likeness (QED) is 0.707. The SMILES string of the molecule is OCCNCCCc1ccc(Cl)cc1. The lowest BCUT2D eigenvalue weighted by Crippen LogP contribution is -2.19. The van der Waals surface area contributed by atoms with Crippen molar-refractivity contribution < 1.29 is 5.11 Å². The second kappa shape index (κ2) is 6.82. The van der Waals surface area contributed by atoms with Gasteiger partial charge in [-0.25, -0.2) is 0 Å². The van der Waals surface area contributed by atoms with Gasteiger partial charge in [-0.2, -0.15) is 0 Å². The van der Waals surface area contributed by atoms with Gasteiger partial charge in [-0.05, 0) is 37.1 Å². The van der Waals surface area contributed by atoms with Crippen molar-refractivity contribution in [3.05, 3.63) is 34.9 Å². The Morgan fingerprint density at radius 1 is 1.14 bits per heavy atom. The average Bonchev–Trinajstić information content (AvgIpc) is 2.21. The molecule has 0 heterocycles. The minimum atomic E-state index is 0.209. The maximum absolute atomic E-state index is 8.54. The van der Waals surface area contributed by atoms with Gasteiger partial charge in [-0.15, -0.1) is 0 Å². The van der Waals surface area contributed by atoms with E-state index in [0.29, 0.717) is 6.54 Å². The first-order valence-corrected chi connectivity index (χ1v) is 5.27. The molecule has 0 saturated carbocycles. The highest BCUT2D eigenvalue weighted by molar-refractivity contribution is 6.30. The number of hydrogen-bond donors (Lipinski definition) is 2. The fourth-order valence-electron chi connectivity index (χ4n) is 1.27. The number of halogens is 1. The van der Waals surface area contributed by atoms with Crippen molar-refractivity contribution in [3.8, 4) is 0 Å². The van der Waals surface area contributed by atoms with Gasteiger partial charge in [0.1, 0.15) is 0 Å². The van der Waals surface area contributed by atoms with Crippen LogP contribution in [-0.2, 0) is 6.42 Å². The second-order valence-corrected chi connectivity index (χ2v) is 3.64. The second-order valence-electron chi connectivity index (χ2n) is 3.20. The molecule has 0 aliphatic rings. The maximum atomic E-state index is 8.54. The molecule has 1 aromatic carbocycles. The van der Waals surface area contributed by atoms with Crippen LogP contribution in [0.15, 0.2) is 24.3 Å². The Labute approximate surface area is 89.9 Å². The molecule has 1 aromatic rings. The van der Waals surface area contributed by atoms with E-state index in [1.807, 2.05) is 24.3 Å². The van der Waals surface area contributed by atoms with Crippen molar-refractivity contribution in [3.63, 3.8) is 0 Å². The summed E-state index contributed by atoms with van der Waals surface area (Å²) < 4.78 is 0. The van der Waals surface area contributed by atoms with Crippen LogP contribution in [0.4, 0.5) is 0 Å². The zero-order valence-corrected chi connectivity index (χ0v) is 8.93. The topological polar surface area (TPSA) is 32.3 Å². The molecule has 0 unspecified atom stereocenters. The molecule has 14 heavy (non-hydrogen) atoms. The van der Waals surface area contributed by atoms with Gasteiger partial charge in [0.25, 0.3) is 0 Å². The third-order valence-electron chi connectivity index (χ3n) is 2.02. The van der Waals surface area contributed by atoms with Crippen LogP contribution in [0.5, 0.6) is 0 Å². The Kier molecular flexibility index (Phi) is 5.60. The molecule has 0 amide bonds. The van der Waals surface area contributed by atoms with Crippen LogP contribution in [0, 0.1) is 0 Å². The van der Waals surface area contributed by atoms with Crippen molar-refractivity contribution in [2.45, 2.75) is 12.8 Å². The molecule has 0 fully saturated rings. The number of nitrogens with one attached hydrogen (secondary N) is 1. The summed E-state index contributed by atoms with van der Waals surface area (Å²) in [7, 11) is 0. The van der Waals surface area contributed by atoms with Gasteiger partial charge < -0.3 is 10.4 Å². The summed E-state index contributed by atoms with van der Waals surface area (Å²) in [6.07, 6.45) is 2.14. The van der Waals surface area contributed by atoms with E-state index in [-0.39, 0.29) is 6.61 Å². The summed E-state index contributed by atoms with van der Waals surface area (Å²) in [6.45, 7) is 1.84. The number of aryl methyl sites for hydroxylation is 1. The third kappa shape index (κ3) is 4.61. The van der Waals surface area contributed by atoms with Gasteiger partial charge in [0.15, 0.2) is 0 Å². The summed E-state index contributed by atoms with van der Waals surface area (Å²) in [5, 5.41) is 12.5. The lowest BCUT2D eigenvalue weighted by atomic mass is 10.1. The van der Waals surface area contributed by atoms with E-state index >= 15 is 0 Å². The highest BCUT2D eigenvalue weighted by Gasteiger charge is 1.93. The van der Waals surface area contributed by atoms with E-state index in [9.17, 15) is 0 Å². The number of aliphatic hydroxyl groups is 1. The van der Waals surface area contributed by atoms with E-state index in [1.165, 1.54) is 5.56 Å². The molecule has 2 nitrogen and oxygen atoms in total. The molecule has 2 N–H and O–H groups in total. The molecule has 1 rings (SSSR count). The van der Waals surface area contributed by atoms with E-state index in [0.717, 1.165) is 24.4 Å². The van der Waals surface area contributed by atoms with Crippen LogP contribution in [-0.4, -0.2) is 24.8 Å². The molecule has 0 atom stereocenters. The first-order chi connectivity index (χ1) is 6.83. The van der Waals surface area contributed by atoms with Gasteiger partial charge >= 0.3 is 0 Å². The molecule has 0 radical (unpaired) electrons. The number of aliphatic hydroxyl groups excluding tert-OH is 1. The molecule has 0 saturated heterocycles. The molecule has 0 bridgehead atoms. The molecule has 0 spiro atoms. The molecule has 0 aliphatic carbocycles. The number of rotatable bonds is 6. The Morgan fingerprint density at radius 3 is 2.50 bits per heavy atom. The largest absolute Gasteiger partial charge is 0.395 e. The van der Waals surface area contributed by atoms with Gasteiger partial charge in [-0.3, -0.25) is 0 Å². The van der Waals surface area contributed by atoms with Crippen LogP contribution >= 0.6 is 11.6 Å². The zero-order valence-electron chi connectivity index (χ0n) is 8.17. The summed E-state index contributed by atoms with van der Waals surface area (Å²) in [4.78, 5) is 0. The van der Waals surface area contributed by atoms with Crippen molar-refractivity contribution in [2.75, 3.05) is 19.7 Å². The summed E-state index contributed by atoms with van der Waals surface area (Å²) in [5.41, 5.74) is 1.31. The third-order valence-corrected chi connectivity index (χ3v) is 2.27. The van der Waals surface area contributed by atoms with Crippen molar-refractivity contribution in [1.29, 1.82) is 0 Å². The van der Waals surface area contributed by atoms with Crippen LogP contribution in [0.1, 0.15) is 12.0 Å². The predicted octanol–water partition coefficient (Wildman–Crippen LogP) is 1.85. The smallest absolute Gasteiger partial charge is 0.0555 e. The molecule has 0 aliphatic heterocycles. The fourth-order valence-corrected chi connectivity index (χ4v) is 1.40. The van der Waals surface area contributed by atoms with E-state index in [1.54, 1.807) is 0 Å². The van der Waals surface area contributed by atoms with E-state index in [2.05, 4.69) is 5.32 Å². The van der Waals surface area contributed by atoms with Gasteiger partial charge in [-0.1, -0.05) is 23.7 Å². The molecule has 78 valence electrons. The molecular weight excluding hydrogens is 198 g/mol. The lowest BCUT2D eigenvalue weighted by molar-refractivity contribution is 0.292. The van der Waals surface area contributed by atoms with Crippen molar-refractivity contribution in [2.24, 2.45) is 0 Å². The Hall–Kier alpha value is -0.570. The van der Waals surface area contributed by atoms with Crippen LogP contribution < -0.4 is 5.32 Å². The monoisotopic (exact) mass is 213 g/mol. The predicted molar refractivity (Wildman–Crippen MR) is 59.7 cm³/mol. The van der Waals surface area contributed by atoms with Crippen LogP contribution in [0.3, 0.4) is 0 Å². The zero-order chi connectivity index (χ0) is 10.2. The standard InChI is InChI=1S/C11H16ClNO/c12-11-5-3-10(4-6-11)2-1-7-13-8-9-14/h3-6,13-14H,1-2,7-9H2. The number of benzene rings is 1. The Bertz CT molecular complexity index is 248. The summed E-state index contributed by atoms with van der Waals surface area (Å²) in [6, 6.07) is 7.93. The normalized spacial score (nSPS) is 10.4. The summed E-state index contributed by atoms with van der Waals surface area (Å²) >= 11 is 5.77. The van der Waals surface area contributed by atoms with Crippen LogP contribution in [0.25, 0.3) is 0 Å². The molecule has 0 aromatic heterocycles. The van der Waals surface area contributed by atoms with Gasteiger partial charge in [0.2, 0.25) is 0 Å². The fraction of sp³-hybridized carbons (Fsp3) is 0.455. The Morgan fingerprint density at radius 2 is 1.86 bits per heavy atom. The van der Waals surface area contributed by atoms with Gasteiger partial charge in [0.05, 0.1) is 6.61 Å². The Balaban J connectivity index is 2.15. The first-order valence-electron chi connectivity index (χ1n) is 4.89. The molecule has 3 heteroatoms. The molecular formula is C11H16ClNO. The van der Waals surface area contributed by atoms with Crippen molar-refractivity contribution in [1.82, 2.24) is 5.32 Å². The first kappa shape index (κ1) is 11.5. The van der Waals surface area contributed by atoms with Crippen LogP contribution in [0.2, 0.25) is 5.02 Å². The van der Waals surface area contributed by atoms with E-state index in [4.69, 9.17) is 16.7 Å².